The van der Waals surface area contributed by atoms with Crippen molar-refractivity contribution in [2.24, 2.45) is 11.8 Å². The number of ether oxygens (including phenoxy) is 2. The molecule has 0 saturated carbocycles. The molecule has 2 aromatic carbocycles. The van der Waals surface area contributed by atoms with Gasteiger partial charge in [0.25, 0.3) is 0 Å². The summed E-state index contributed by atoms with van der Waals surface area (Å²) in [5, 5.41) is 5.33. The number of rotatable bonds is 16. The number of hydrogen-bond acceptors (Lipinski definition) is 8. The molecule has 0 bridgehead atoms. The minimum absolute atomic E-state index is 0.255. The van der Waals surface area contributed by atoms with Crippen LogP contribution in [0.5, 0.6) is 0 Å². The van der Waals surface area contributed by atoms with Gasteiger partial charge in [0.05, 0.1) is 9.79 Å². The second-order valence-electron chi connectivity index (χ2n) is 16.3. The number of fused-ring (bicyclic) bond motifs is 1. The highest BCUT2D eigenvalue weighted by molar-refractivity contribution is 7.86. The zero-order chi connectivity index (χ0) is 37.6. The number of aryl methyl sites for hydroxylation is 2. The molecular formula is C38H66N2O8S2. The van der Waals surface area contributed by atoms with Gasteiger partial charge in [0.2, 0.25) is 0 Å². The van der Waals surface area contributed by atoms with E-state index in [-0.39, 0.29) is 9.79 Å². The van der Waals surface area contributed by atoms with E-state index in [0.717, 1.165) is 90.9 Å². The van der Waals surface area contributed by atoms with Gasteiger partial charge in [0.1, 0.15) is 44.5 Å². The van der Waals surface area contributed by atoms with Gasteiger partial charge in [0.15, 0.2) is 13.5 Å². The van der Waals surface area contributed by atoms with E-state index < -0.39 is 20.2 Å². The van der Waals surface area contributed by atoms with Gasteiger partial charge in [-0.1, -0.05) is 79.1 Å². The first kappa shape index (κ1) is 44.5. The van der Waals surface area contributed by atoms with Crippen molar-refractivity contribution >= 4 is 31.0 Å². The van der Waals surface area contributed by atoms with Crippen LogP contribution < -0.4 is 10.6 Å². The molecule has 2 heterocycles. The van der Waals surface area contributed by atoms with Crippen molar-refractivity contribution in [2.75, 3.05) is 26.7 Å². The lowest BCUT2D eigenvalue weighted by Crippen LogP contribution is -2.92. The molecule has 4 rings (SSSR count). The molecule has 2 saturated heterocycles. The fourth-order valence-electron chi connectivity index (χ4n) is 6.03. The van der Waals surface area contributed by atoms with Crippen LogP contribution in [-0.4, -0.2) is 63.7 Å². The average molecular weight is 743 g/mol. The lowest BCUT2D eigenvalue weighted by Gasteiger charge is -2.18. The zero-order valence-corrected chi connectivity index (χ0v) is 33.6. The van der Waals surface area contributed by atoms with E-state index in [1.165, 1.54) is 12.1 Å². The van der Waals surface area contributed by atoms with Crippen molar-refractivity contribution in [3.05, 3.63) is 35.4 Å². The minimum atomic E-state index is -4.70. The summed E-state index contributed by atoms with van der Waals surface area (Å²) in [6.07, 6.45) is 10.7. The summed E-state index contributed by atoms with van der Waals surface area (Å²) in [6.45, 7) is 20.9. The predicted octanol–water partition coefficient (Wildman–Crippen LogP) is 5.58. The maximum absolute atomic E-state index is 12.0. The Balaban J connectivity index is 0.000000505. The minimum Gasteiger partial charge on any atom is -0.744 e. The monoisotopic (exact) mass is 742 g/mol. The smallest absolute Gasteiger partial charge is 0.180 e. The average Bonchev–Trinajstić information content (AvgIpc) is 3.60. The van der Waals surface area contributed by atoms with Gasteiger partial charge in [-0.25, -0.2) is 16.8 Å². The topological polar surface area (TPSA) is 166 Å². The largest absolute Gasteiger partial charge is 0.744 e. The second-order valence-corrected chi connectivity index (χ2v) is 19.0. The first-order chi connectivity index (χ1) is 23.2. The maximum Gasteiger partial charge on any atom is 0.180 e. The Kier molecular flexibility index (Phi) is 18.3. The molecule has 2 aromatic rings. The lowest BCUT2D eigenvalue weighted by atomic mass is 9.97. The van der Waals surface area contributed by atoms with Crippen molar-refractivity contribution in [3.8, 4) is 0 Å². The summed E-state index contributed by atoms with van der Waals surface area (Å²) in [5.41, 5.74) is 1.46. The van der Waals surface area contributed by atoms with Crippen LogP contribution in [0.25, 0.3) is 10.8 Å². The van der Waals surface area contributed by atoms with E-state index in [0.29, 0.717) is 57.7 Å². The fraction of sp³-hybridized carbons (Fsp3) is 0.737. The van der Waals surface area contributed by atoms with E-state index >= 15 is 0 Å². The first-order valence-corrected chi connectivity index (χ1v) is 21.4. The Morgan fingerprint density at radius 3 is 1.18 bits per heavy atom. The van der Waals surface area contributed by atoms with Crippen LogP contribution in [0.2, 0.25) is 0 Å². The number of hydrogen-bond donors (Lipinski definition) is 2. The summed E-state index contributed by atoms with van der Waals surface area (Å²) in [6, 6.07) is 5.83. The van der Waals surface area contributed by atoms with Gasteiger partial charge in [-0.15, -0.1) is 0 Å². The lowest BCUT2D eigenvalue weighted by molar-refractivity contribution is -0.710. The van der Waals surface area contributed by atoms with Crippen LogP contribution in [0.15, 0.2) is 34.1 Å². The van der Waals surface area contributed by atoms with Crippen molar-refractivity contribution < 1.29 is 46.0 Å². The van der Waals surface area contributed by atoms with Crippen LogP contribution in [0.3, 0.4) is 0 Å². The number of quaternary nitrogens is 2. The molecule has 0 aromatic heterocycles. The molecule has 0 aliphatic carbocycles. The normalized spacial score (nSPS) is 17.1. The zero-order valence-electron chi connectivity index (χ0n) is 32.0. The molecule has 0 spiro atoms. The Morgan fingerprint density at radius 2 is 0.940 bits per heavy atom. The Hall–Kier alpha value is -1.64. The quantitative estimate of drug-likeness (QED) is 0.166. The van der Waals surface area contributed by atoms with Gasteiger partial charge < -0.3 is 29.2 Å². The predicted molar refractivity (Wildman–Crippen MR) is 197 cm³/mol. The number of nitrogens with two attached hydrogens (primary N) is 2. The summed E-state index contributed by atoms with van der Waals surface area (Å²) in [4.78, 5) is -0.510. The molecule has 2 aliphatic rings. The van der Waals surface area contributed by atoms with Crippen LogP contribution in [0.4, 0.5) is 0 Å². The second kappa shape index (κ2) is 20.6. The molecule has 2 fully saturated rings. The molecule has 10 nitrogen and oxygen atoms in total. The van der Waals surface area contributed by atoms with E-state index in [1.807, 2.05) is 0 Å². The third-order valence-electron chi connectivity index (χ3n) is 9.15. The summed E-state index contributed by atoms with van der Waals surface area (Å²) in [5.74, 6) is 1.29. The molecule has 0 radical (unpaired) electrons. The van der Waals surface area contributed by atoms with Crippen LogP contribution in [0, 0.1) is 11.8 Å². The molecule has 4 N–H and O–H groups in total. The number of unbranched alkanes of at least 4 members (excludes halogenated alkanes) is 6. The van der Waals surface area contributed by atoms with Crippen molar-refractivity contribution in [1.82, 2.24) is 0 Å². The third kappa shape index (κ3) is 17.3. The van der Waals surface area contributed by atoms with Crippen LogP contribution in [0.1, 0.15) is 131 Å². The summed E-state index contributed by atoms with van der Waals surface area (Å²) in [7, 11) is -9.40. The van der Waals surface area contributed by atoms with E-state index in [9.17, 15) is 25.9 Å². The highest BCUT2D eigenvalue weighted by Crippen LogP contribution is 2.30. The molecule has 0 unspecified atom stereocenters. The molecular weight excluding hydrogens is 677 g/mol. The fourth-order valence-corrected chi connectivity index (χ4v) is 7.54. The van der Waals surface area contributed by atoms with Crippen molar-refractivity contribution in [2.45, 2.75) is 153 Å². The highest BCUT2D eigenvalue weighted by Gasteiger charge is 2.27. The third-order valence-corrected chi connectivity index (χ3v) is 11.0. The SMILES string of the molecule is CC(C)CCCCCCc1cc2cc(S(=O)(=O)[O-])c(CCCCCCC(C)C)cc2cc1S(=O)(=O)[O-].CC1(C)COC[NH2+]1.CC1(C)COC[NH2+]1. The Labute approximate surface area is 303 Å². The molecule has 288 valence electrons. The summed E-state index contributed by atoms with van der Waals surface area (Å²) < 4.78 is 82.4. The Morgan fingerprint density at radius 1 is 0.600 bits per heavy atom. The Bertz CT molecular complexity index is 1410. The van der Waals surface area contributed by atoms with Crippen LogP contribution >= 0.6 is 0 Å². The van der Waals surface area contributed by atoms with E-state index in [1.54, 1.807) is 12.1 Å². The van der Waals surface area contributed by atoms with Gasteiger partial charge in [0, 0.05) is 0 Å². The van der Waals surface area contributed by atoms with Gasteiger partial charge in [-0.3, -0.25) is 0 Å². The standard InChI is InChI=1S/C28H44O6S2.2C5H11NO/c1-21(2)13-9-5-7-11-15-23-17-25-20-28(36(32,33)34)24(16-12-8-6-10-14-22(3)4)18-26(25)19-27(23)35(29,30)31;2*1-5(2)3-7-4-6-5/h17-22H,5-16H2,1-4H3,(H,29,30,31)(H,32,33,34);2*6H,3-4H2,1-2H3. The van der Waals surface area contributed by atoms with E-state index in [4.69, 9.17) is 9.47 Å². The molecule has 0 amide bonds. The molecule has 2 aliphatic heterocycles. The first-order valence-electron chi connectivity index (χ1n) is 18.6. The molecule has 12 heteroatoms. The number of benzene rings is 2. The maximum atomic E-state index is 12.0. The van der Waals surface area contributed by atoms with Gasteiger partial charge >= 0.3 is 0 Å². The van der Waals surface area contributed by atoms with Gasteiger partial charge in [-0.2, -0.15) is 0 Å². The van der Waals surface area contributed by atoms with Crippen molar-refractivity contribution in [1.29, 1.82) is 0 Å². The summed E-state index contributed by atoms with van der Waals surface area (Å²) >= 11 is 0. The molecule has 50 heavy (non-hydrogen) atoms. The van der Waals surface area contributed by atoms with Crippen molar-refractivity contribution in [3.63, 3.8) is 0 Å². The van der Waals surface area contributed by atoms with Crippen LogP contribution in [-0.2, 0) is 42.6 Å². The molecule has 0 atom stereocenters. The van der Waals surface area contributed by atoms with E-state index in [2.05, 4.69) is 66.0 Å². The van der Waals surface area contributed by atoms with Gasteiger partial charge in [-0.05, 0) is 111 Å². The highest BCUT2D eigenvalue weighted by atomic mass is 32.2.